The summed E-state index contributed by atoms with van der Waals surface area (Å²) in [4.78, 5) is 22.4. The van der Waals surface area contributed by atoms with E-state index in [9.17, 15) is 22.8 Å². The number of carbonyl (C=O) groups excluding carboxylic acids is 2. The highest BCUT2D eigenvalue weighted by atomic mass is 19.4. The molecule has 0 saturated carbocycles. The number of hydrogen-bond acceptors (Lipinski definition) is 4. The molecule has 0 bridgehead atoms. The molecule has 2 aromatic carbocycles. The van der Waals surface area contributed by atoms with E-state index in [2.05, 4.69) is 5.32 Å². The number of carbonyl (C=O) groups is 2. The van der Waals surface area contributed by atoms with E-state index >= 15 is 0 Å². The molecule has 0 aliphatic rings. The number of aryl methyl sites for hydroxylation is 1. The Kier molecular flexibility index (Phi) is 7.03. The quantitative estimate of drug-likeness (QED) is 0.700. The van der Waals surface area contributed by atoms with E-state index < -0.39 is 23.9 Å². The molecule has 0 saturated heterocycles. The van der Waals surface area contributed by atoms with Crippen molar-refractivity contribution in [1.82, 2.24) is 5.32 Å². The van der Waals surface area contributed by atoms with Gasteiger partial charge >= 0.3 is 12.3 Å². The van der Waals surface area contributed by atoms with Gasteiger partial charge < -0.3 is 14.8 Å². The van der Waals surface area contributed by atoms with Crippen LogP contribution in [0.1, 0.15) is 23.6 Å². The van der Waals surface area contributed by atoms with Crippen LogP contribution in [0.4, 0.5) is 18.0 Å². The first-order valence-electron chi connectivity index (χ1n) is 8.57. The zero-order valence-corrected chi connectivity index (χ0v) is 15.4. The molecule has 5 nitrogen and oxygen atoms in total. The second-order valence-electron chi connectivity index (χ2n) is 5.94. The molecule has 0 aliphatic carbocycles. The van der Waals surface area contributed by atoms with Crippen LogP contribution in [0.25, 0.3) is 0 Å². The molecule has 1 unspecified atom stereocenters. The van der Waals surface area contributed by atoms with Crippen LogP contribution < -0.4 is 10.1 Å². The highest BCUT2D eigenvalue weighted by molar-refractivity contribution is 5.70. The van der Waals surface area contributed by atoms with Gasteiger partial charge in [-0.3, -0.25) is 4.79 Å². The second-order valence-corrected chi connectivity index (χ2v) is 5.94. The summed E-state index contributed by atoms with van der Waals surface area (Å²) in [5, 5.41) is 2.28. The maximum atomic E-state index is 12.6. The van der Waals surface area contributed by atoms with Gasteiger partial charge in [0.25, 0.3) is 0 Å². The highest BCUT2D eigenvalue weighted by Gasteiger charge is 2.30. The first-order valence-corrected chi connectivity index (χ1v) is 8.57. The minimum absolute atomic E-state index is 0.209. The molecule has 28 heavy (non-hydrogen) atoms. The van der Waals surface area contributed by atoms with Gasteiger partial charge in [0.15, 0.2) is 12.4 Å². The van der Waals surface area contributed by atoms with Crippen LogP contribution in [-0.4, -0.2) is 25.5 Å². The summed E-state index contributed by atoms with van der Waals surface area (Å²) >= 11 is 0. The highest BCUT2D eigenvalue weighted by Crippen LogP contribution is 2.32. The van der Waals surface area contributed by atoms with E-state index in [0.29, 0.717) is 18.5 Å². The van der Waals surface area contributed by atoms with Crippen molar-refractivity contribution in [3.8, 4) is 11.5 Å². The van der Waals surface area contributed by atoms with Crippen molar-refractivity contribution in [3.05, 3.63) is 59.2 Å². The predicted octanol–water partition coefficient (Wildman–Crippen LogP) is 4.53. The lowest BCUT2D eigenvalue weighted by atomic mass is 9.99. The van der Waals surface area contributed by atoms with Crippen molar-refractivity contribution >= 4 is 12.4 Å². The van der Waals surface area contributed by atoms with Gasteiger partial charge in [0, 0.05) is 13.5 Å². The first-order chi connectivity index (χ1) is 13.3. The van der Waals surface area contributed by atoms with E-state index in [1.54, 1.807) is 18.2 Å². The third-order valence-electron chi connectivity index (χ3n) is 4.01. The molecule has 0 aromatic heterocycles. The summed E-state index contributed by atoms with van der Waals surface area (Å²) in [5.74, 6) is 0.728. The van der Waals surface area contributed by atoms with E-state index in [-0.39, 0.29) is 12.2 Å². The molecule has 0 radical (unpaired) electrons. The second kappa shape index (κ2) is 9.25. The van der Waals surface area contributed by atoms with Gasteiger partial charge in [-0.1, -0.05) is 13.0 Å². The number of alkyl carbamates (subject to hydrolysis) is 1. The molecule has 150 valence electrons. The summed E-state index contributed by atoms with van der Waals surface area (Å²) in [6.45, 7) is 1.91. The van der Waals surface area contributed by atoms with Gasteiger partial charge in [0.1, 0.15) is 11.5 Å². The summed E-state index contributed by atoms with van der Waals surface area (Å²) in [6.07, 6.45) is -4.63. The normalized spacial score (nSPS) is 12.2. The fraction of sp³-hybridized carbons (Fsp3) is 0.300. The third-order valence-corrected chi connectivity index (χ3v) is 4.01. The molecule has 0 fully saturated rings. The molecule has 0 aliphatic heterocycles. The van der Waals surface area contributed by atoms with Crippen molar-refractivity contribution in [2.75, 3.05) is 7.05 Å². The largest absolute Gasteiger partial charge is 0.457 e. The van der Waals surface area contributed by atoms with Gasteiger partial charge in [-0.15, -0.1) is 0 Å². The van der Waals surface area contributed by atoms with Crippen molar-refractivity contribution in [1.29, 1.82) is 0 Å². The van der Waals surface area contributed by atoms with Crippen LogP contribution in [0.5, 0.6) is 11.5 Å². The van der Waals surface area contributed by atoms with Crippen LogP contribution in [0.3, 0.4) is 0 Å². The smallest absolute Gasteiger partial charge is 0.416 e. The number of aldehydes is 1. The number of halogens is 3. The molecule has 0 heterocycles. The van der Waals surface area contributed by atoms with Crippen LogP contribution in [0.15, 0.2) is 42.5 Å². The Labute approximate surface area is 160 Å². The van der Waals surface area contributed by atoms with E-state index in [0.717, 1.165) is 23.3 Å². The molecule has 8 heteroatoms. The Bertz CT molecular complexity index is 819. The summed E-state index contributed by atoms with van der Waals surface area (Å²) in [7, 11) is 1.40. The zero-order valence-electron chi connectivity index (χ0n) is 15.4. The number of ether oxygens (including phenoxy) is 2. The molecular weight excluding hydrogens is 375 g/mol. The summed E-state index contributed by atoms with van der Waals surface area (Å²) in [5.41, 5.74) is 0.931. The van der Waals surface area contributed by atoms with Crippen molar-refractivity contribution in [3.63, 3.8) is 0 Å². The first kappa shape index (κ1) is 21.3. The van der Waals surface area contributed by atoms with E-state index in [1.165, 1.54) is 19.2 Å². The zero-order chi connectivity index (χ0) is 20.7. The summed E-state index contributed by atoms with van der Waals surface area (Å²) in [6, 6.07) is 9.54. The molecule has 2 aromatic rings. The maximum Gasteiger partial charge on any atom is 0.416 e. The van der Waals surface area contributed by atoms with E-state index in [4.69, 9.17) is 9.47 Å². The van der Waals surface area contributed by atoms with Crippen LogP contribution >= 0.6 is 0 Å². The molecule has 1 amide bonds. The van der Waals surface area contributed by atoms with Crippen LogP contribution in [0, 0.1) is 0 Å². The Balaban J connectivity index is 2.14. The van der Waals surface area contributed by atoms with Gasteiger partial charge in [0.2, 0.25) is 0 Å². The lowest BCUT2D eigenvalue weighted by molar-refractivity contribution is -0.137. The number of rotatable bonds is 7. The fourth-order valence-corrected chi connectivity index (χ4v) is 2.57. The molecule has 0 spiro atoms. The lowest BCUT2D eigenvalue weighted by Crippen LogP contribution is -2.28. The van der Waals surface area contributed by atoms with Gasteiger partial charge in [-0.05, 0) is 53.9 Å². The SMILES string of the molecule is CCc1cc(Oc2ccc(C(F)(F)F)cc2)ccc1CC(C=O)OC(=O)NC. The lowest BCUT2D eigenvalue weighted by Gasteiger charge is -2.15. The average molecular weight is 395 g/mol. The van der Waals surface area contributed by atoms with Crippen molar-refractivity contribution in [2.24, 2.45) is 0 Å². The number of hydrogen-bond donors (Lipinski definition) is 1. The number of nitrogens with one attached hydrogen (secondary N) is 1. The van der Waals surface area contributed by atoms with Gasteiger partial charge in [-0.2, -0.15) is 13.2 Å². The molecule has 1 N–H and O–H groups in total. The molecule has 1 atom stereocenters. The summed E-state index contributed by atoms with van der Waals surface area (Å²) < 4.78 is 48.5. The standard InChI is InChI=1S/C20H20F3NO4/c1-3-13-10-17(27-16-8-5-15(6-9-16)20(21,22)23)7-4-14(13)11-18(12-25)28-19(26)24-2/h4-10,12,18H,3,11H2,1-2H3,(H,24,26). The Morgan fingerprint density at radius 2 is 1.75 bits per heavy atom. The Morgan fingerprint density at radius 3 is 2.29 bits per heavy atom. The maximum absolute atomic E-state index is 12.6. The number of benzene rings is 2. The topological polar surface area (TPSA) is 64.6 Å². The van der Waals surface area contributed by atoms with Gasteiger partial charge in [-0.25, -0.2) is 4.79 Å². The fourth-order valence-electron chi connectivity index (χ4n) is 2.57. The molecule has 2 rings (SSSR count). The Morgan fingerprint density at radius 1 is 1.11 bits per heavy atom. The predicted molar refractivity (Wildman–Crippen MR) is 96.4 cm³/mol. The minimum atomic E-state index is -4.40. The number of alkyl halides is 3. The van der Waals surface area contributed by atoms with E-state index in [1.807, 2.05) is 6.92 Å². The van der Waals surface area contributed by atoms with Gasteiger partial charge in [0.05, 0.1) is 5.56 Å². The molecular formula is C20H20F3NO4. The average Bonchev–Trinajstić information content (AvgIpc) is 2.67. The van der Waals surface area contributed by atoms with Crippen LogP contribution in [-0.2, 0) is 28.5 Å². The number of amides is 1. The minimum Gasteiger partial charge on any atom is -0.457 e. The monoisotopic (exact) mass is 395 g/mol. The van der Waals surface area contributed by atoms with Crippen LogP contribution in [0.2, 0.25) is 0 Å². The Hall–Kier alpha value is -3.03. The van der Waals surface area contributed by atoms with Crippen molar-refractivity contribution in [2.45, 2.75) is 32.0 Å². The van der Waals surface area contributed by atoms with Crippen molar-refractivity contribution < 1.29 is 32.2 Å². The third kappa shape index (κ3) is 5.73.